The van der Waals surface area contributed by atoms with Gasteiger partial charge in [-0.3, -0.25) is 0 Å². The number of benzene rings is 13. The van der Waals surface area contributed by atoms with Crippen molar-refractivity contribution < 1.29 is 4.42 Å². The first-order chi connectivity index (χ1) is 39.6. The second kappa shape index (κ2) is 19.7. The molecule has 0 N–H and O–H groups in total. The average molecular weight is 1020 g/mol. The summed E-state index contributed by atoms with van der Waals surface area (Å²) in [7, 11) is 0. The molecule has 4 heteroatoms. The topological polar surface area (TPSA) is 24.6 Å². The largest absolute Gasteiger partial charge is 0.456 e. The van der Waals surface area contributed by atoms with Crippen molar-refractivity contribution in [1.82, 2.24) is 4.57 Å². The summed E-state index contributed by atoms with van der Waals surface area (Å²) in [6.45, 7) is 0. The van der Waals surface area contributed by atoms with E-state index in [1.807, 2.05) is 0 Å². The van der Waals surface area contributed by atoms with Gasteiger partial charge in [0.25, 0.3) is 0 Å². The minimum Gasteiger partial charge on any atom is -0.456 e. The van der Waals surface area contributed by atoms with E-state index < -0.39 is 0 Å². The molecule has 15 aromatic rings. The van der Waals surface area contributed by atoms with E-state index in [1.54, 1.807) is 0 Å². The molecule has 15 rings (SSSR count). The second-order valence-corrected chi connectivity index (χ2v) is 20.5. The van der Waals surface area contributed by atoms with Crippen LogP contribution in [0.15, 0.2) is 314 Å². The van der Waals surface area contributed by atoms with Gasteiger partial charge in [0.15, 0.2) is 0 Å². The van der Waals surface area contributed by atoms with Gasteiger partial charge in [-0.1, -0.05) is 188 Å². The summed E-state index contributed by atoms with van der Waals surface area (Å²) in [6.07, 6.45) is 0. The van der Waals surface area contributed by atoms with Crippen molar-refractivity contribution in [2.45, 2.75) is 0 Å². The Morgan fingerprint density at radius 1 is 0.225 bits per heavy atom. The number of fused-ring (bicyclic) bond motifs is 7. The van der Waals surface area contributed by atoms with Crippen LogP contribution in [-0.4, -0.2) is 4.57 Å². The van der Waals surface area contributed by atoms with E-state index in [0.29, 0.717) is 0 Å². The highest BCUT2D eigenvalue weighted by atomic mass is 16.3. The summed E-state index contributed by atoms with van der Waals surface area (Å²) in [5.41, 5.74) is 20.6. The molecular formula is C76H51N3O. The number of anilines is 6. The molecule has 0 saturated carbocycles. The van der Waals surface area contributed by atoms with Crippen molar-refractivity contribution in [3.8, 4) is 50.2 Å². The van der Waals surface area contributed by atoms with Crippen molar-refractivity contribution in [2.75, 3.05) is 9.80 Å². The van der Waals surface area contributed by atoms with Crippen molar-refractivity contribution in [1.29, 1.82) is 0 Å². The van der Waals surface area contributed by atoms with E-state index in [-0.39, 0.29) is 0 Å². The zero-order chi connectivity index (χ0) is 52.9. The molecule has 80 heavy (non-hydrogen) atoms. The van der Waals surface area contributed by atoms with Crippen LogP contribution in [0.4, 0.5) is 34.1 Å². The van der Waals surface area contributed by atoms with Gasteiger partial charge in [-0.25, -0.2) is 0 Å². The molecule has 0 atom stereocenters. The molecular weight excluding hydrogens is 971 g/mol. The number of rotatable bonds is 11. The van der Waals surface area contributed by atoms with Crippen molar-refractivity contribution in [3.63, 3.8) is 0 Å². The monoisotopic (exact) mass is 1020 g/mol. The normalized spacial score (nSPS) is 11.5. The van der Waals surface area contributed by atoms with E-state index in [9.17, 15) is 0 Å². The van der Waals surface area contributed by atoms with Gasteiger partial charge in [-0.05, 0) is 171 Å². The van der Waals surface area contributed by atoms with Gasteiger partial charge in [-0.2, -0.15) is 0 Å². The van der Waals surface area contributed by atoms with Gasteiger partial charge >= 0.3 is 0 Å². The van der Waals surface area contributed by atoms with Crippen molar-refractivity contribution in [3.05, 3.63) is 309 Å². The van der Waals surface area contributed by atoms with Crippen LogP contribution in [0.5, 0.6) is 0 Å². The first kappa shape index (κ1) is 46.6. The highest BCUT2D eigenvalue weighted by Gasteiger charge is 2.21. The third-order valence-corrected chi connectivity index (χ3v) is 15.7. The number of nitrogens with zero attached hydrogens (tertiary/aromatic N) is 3. The number of hydrogen-bond acceptors (Lipinski definition) is 3. The molecule has 0 unspecified atom stereocenters. The quantitative estimate of drug-likeness (QED) is 0.129. The molecule has 0 spiro atoms. The highest BCUT2D eigenvalue weighted by Crippen LogP contribution is 2.45. The Hall–Kier alpha value is -10.7. The average Bonchev–Trinajstić information content (AvgIpc) is 4.12. The number of hydrogen-bond donors (Lipinski definition) is 0. The van der Waals surface area contributed by atoms with E-state index in [0.717, 1.165) is 106 Å². The minimum absolute atomic E-state index is 0.824. The second-order valence-electron chi connectivity index (χ2n) is 20.5. The summed E-state index contributed by atoms with van der Waals surface area (Å²) in [4.78, 5) is 4.74. The molecule has 376 valence electrons. The third-order valence-electron chi connectivity index (χ3n) is 15.7. The lowest BCUT2D eigenvalue weighted by Gasteiger charge is -2.29. The van der Waals surface area contributed by atoms with E-state index in [1.165, 1.54) is 32.6 Å². The lowest BCUT2D eigenvalue weighted by Crippen LogP contribution is -2.12. The lowest BCUT2D eigenvalue weighted by molar-refractivity contribution is 0.669. The molecule has 0 aliphatic carbocycles. The Balaban J connectivity index is 0.853. The standard InChI is InChI=1S/C76H51N3O/c1-5-18-52(19-6-1)57-26-17-29-65(45-57)77(67-40-42-71-72-49-58(34-43-75(72)80-76(71)51-67)59-33-41-70-69-30-15-16-31-73(69)79(74(70)50-59)62-27-11-4-12-28-62)63-36-38-64(39-37-63)78(66-35-32-55-24-13-14-25-56(55)46-66)68-47-60(53-20-7-2-8-21-53)44-61(48-68)54-22-9-3-10-23-54/h1-51H. The number of furan rings is 1. The number of aromatic nitrogens is 1. The minimum atomic E-state index is 0.824. The summed E-state index contributed by atoms with van der Waals surface area (Å²) < 4.78 is 9.19. The zero-order valence-corrected chi connectivity index (χ0v) is 43.7. The fourth-order valence-corrected chi connectivity index (χ4v) is 11.8. The van der Waals surface area contributed by atoms with E-state index in [2.05, 4.69) is 324 Å². The molecule has 13 aromatic carbocycles. The predicted octanol–water partition coefficient (Wildman–Crippen LogP) is 21.4. The van der Waals surface area contributed by atoms with Crippen molar-refractivity contribution >= 4 is 88.6 Å². The van der Waals surface area contributed by atoms with Crippen LogP contribution in [0.1, 0.15) is 0 Å². The van der Waals surface area contributed by atoms with Gasteiger partial charge in [0.2, 0.25) is 0 Å². The molecule has 0 amide bonds. The Morgan fingerprint density at radius 3 is 1.43 bits per heavy atom. The van der Waals surface area contributed by atoms with Gasteiger partial charge in [0.05, 0.1) is 11.0 Å². The van der Waals surface area contributed by atoms with Crippen LogP contribution in [0.25, 0.3) is 105 Å². The molecule has 0 aliphatic rings. The summed E-state index contributed by atoms with van der Waals surface area (Å²) in [5, 5.41) is 7.00. The molecule has 0 saturated heterocycles. The molecule has 0 aliphatic heterocycles. The fourth-order valence-electron chi connectivity index (χ4n) is 11.8. The van der Waals surface area contributed by atoms with Crippen molar-refractivity contribution in [2.24, 2.45) is 0 Å². The van der Waals surface area contributed by atoms with Crippen LogP contribution in [0.3, 0.4) is 0 Å². The predicted molar refractivity (Wildman–Crippen MR) is 337 cm³/mol. The highest BCUT2D eigenvalue weighted by molar-refractivity contribution is 6.11. The molecule has 0 fully saturated rings. The van der Waals surface area contributed by atoms with Gasteiger partial charge in [0.1, 0.15) is 11.2 Å². The van der Waals surface area contributed by atoms with Gasteiger partial charge in [-0.15, -0.1) is 0 Å². The first-order valence-electron chi connectivity index (χ1n) is 27.3. The molecule has 0 radical (unpaired) electrons. The maximum Gasteiger partial charge on any atom is 0.137 e. The molecule has 2 heterocycles. The lowest BCUT2D eigenvalue weighted by atomic mass is 9.97. The third kappa shape index (κ3) is 8.44. The number of para-hydroxylation sites is 2. The summed E-state index contributed by atoms with van der Waals surface area (Å²) >= 11 is 0. The smallest absolute Gasteiger partial charge is 0.137 e. The van der Waals surface area contributed by atoms with E-state index >= 15 is 0 Å². The molecule has 2 aromatic heterocycles. The first-order valence-corrected chi connectivity index (χ1v) is 27.3. The van der Waals surface area contributed by atoms with E-state index in [4.69, 9.17) is 4.42 Å². The van der Waals surface area contributed by atoms with Crippen LogP contribution < -0.4 is 9.80 Å². The molecule has 0 bridgehead atoms. The Morgan fingerprint density at radius 2 is 0.713 bits per heavy atom. The Bertz CT molecular complexity index is 4700. The fraction of sp³-hybridized carbons (Fsp3) is 0. The Labute approximate surface area is 464 Å². The van der Waals surface area contributed by atoms with Gasteiger partial charge < -0.3 is 18.8 Å². The zero-order valence-electron chi connectivity index (χ0n) is 43.7. The summed E-state index contributed by atoms with van der Waals surface area (Å²) in [6, 6.07) is 112. The maximum atomic E-state index is 6.81. The van der Waals surface area contributed by atoms with Crippen LogP contribution >= 0.6 is 0 Å². The SMILES string of the molecule is c1ccc(-c2cccc(N(c3ccc(N(c4cc(-c5ccccc5)cc(-c5ccccc5)c4)c4ccc5ccccc5c4)cc3)c3ccc4c(c3)oc3ccc(-c5ccc6c7ccccc7n(-c7ccccc7)c6c5)cc34)c2)cc1. The van der Waals surface area contributed by atoms with Crippen LogP contribution in [0, 0.1) is 0 Å². The molecule has 4 nitrogen and oxygen atoms in total. The van der Waals surface area contributed by atoms with Crippen LogP contribution in [0.2, 0.25) is 0 Å². The van der Waals surface area contributed by atoms with Gasteiger partial charge in [0, 0.05) is 67.4 Å². The maximum absolute atomic E-state index is 6.81. The Kier molecular flexibility index (Phi) is 11.5. The summed E-state index contributed by atoms with van der Waals surface area (Å²) in [5.74, 6) is 0. The van der Waals surface area contributed by atoms with Crippen LogP contribution in [-0.2, 0) is 0 Å².